The van der Waals surface area contributed by atoms with E-state index in [9.17, 15) is 9.90 Å². The van der Waals surface area contributed by atoms with Gasteiger partial charge in [-0.2, -0.15) is 0 Å². The fourth-order valence-corrected chi connectivity index (χ4v) is 6.52. The summed E-state index contributed by atoms with van der Waals surface area (Å²) in [5.41, 5.74) is 2.72. The summed E-state index contributed by atoms with van der Waals surface area (Å²) in [6, 6.07) is 2.41. The summed E-state index contributed by atoms with van der Waals surface area (Å²) < 4.78 is 5.56. The molecule has 2 aliphatic carbocycles. The van der Waals surface area contributed by atoms with Crippen LogP contribution in [-0.4, -0.2) is 46.9 Å². The number of allylic oxidation sites excluding steroid dienone is 1. The second kappa shape index (κ2) is 8.17. The summed E-state index contributed by atoms with van der Waals surface area (Å²) in [6.45, 7) is 6.59. The molecule has 0 bridgehead atoms. The summed E-state index contributed by atoms with van der Waals surface area (Å²) in [7, 11) is 0. The van der Waals surface area contributed by atoms with Crippen molar-refractivity contribution in [2.45, 2.75) is 95.3 Å². The first-order valence-corrected chi connectivity index (χ1v) is 13.0. The maximum atomic E-state index is 12.6. The van der Waals surface area contributed by atoms with Crippen LogP contribution >= 0.6 is 11.3 Å². The Balaban J connectivity index is 1.33. The van der Waals surface area contributed by atoms with E-state index in [1.807, 2.05) is 32.1 Å². The third kappa shape index (κ3) is 4.21. The van der Waals surface area contributed by atoms with Gasteiger partial charge in [0.05, 0.1) is 12.0 Å². The number of ether oxygens (including phenoxy) is 1. The quantitative estimate of drug-likeness (QED) is 0.667. The number of aliphatic hydroxyl groups excluding tert-OH is 1. The molecule has 174 valence electrons. The Morgan fingerprint density at radius 2 is 2.03 bits per heavy atom. The van der Waals surface area contributed by atoms with Gasteiger partial charge in [0.1, 0.15) is 11.4 Å². The first-order chi connectivity index (χ1) is 15.2. The number of nitrogens with zero attached hydrogens (tertiary/aromatic N) is 2. The molecule has 4 aliphatic rings. The summed E-state index contributed by atoms with van der Waals surface area (Å²) in [4.78, 5) is 20.4. The summed E-state index contributed by atoms with van der Waals surface area (Å²) in [6.07, 6.45) is 7.86. The van der Waals surface area contributed by atoms with Crippen molar-refractivity contribution < 1.29 is 14.6 Å². The van der Waals surface area contributed by atoms with Gasteiger partial charge in [-0.05, 0) is 82.2 Å². The Kier molecular flexibility index (Phi) is 5.61. The maximum Gasteiger partial charge on any atom is 0.410 e. The fraction of sp³-hybridized carbons (Fsp3) is 0.680. The topological polar surface area (TPSA) is 74.2 Å². The number of hydrogen-bond acceptors (Lipinski definition) is 6. The average molecular weight is 458 g/mol. The Hall–Kier alpha value is -1.86. The molecule has 7 heteroatoms. The maximum absolute atomic E-state index is 12.6. The zero-order valence-electron chi connectivity index (χ0n) is 19.4. The number of aliphatic hydroxyl groups is 1. The highest BCUT2D eigenvalue weighted by atomic mass is 32.1. The van der Waals surface area contributed by atoms with Crippen LogP contribution in [0, 0.1) is 0 Å². The van der Waals surface area contributed by atoms with Crippen LogP contribution in [0.4, 0.5) is 4.79 Å². The van der Waals surface area contributed by atoms with Gasteiger partial charge in [-0.3, -0.25) is 0 Å². The lowest BCUT2D eigenvalue weighted by molar-refractivity contribution is 0.0261. The van der Waals surface area contributed by atoms with Crippen LogP contribution in [0.15, 0.2) is 27.7 Å². The molecule has 3 heterocycles. The number of thiophene rings is 1. The molecule has 1 aromatic heterocycles. The Bertz CT molecular complexity index is 948. The van der Waals surface area contributed by atoms with Gasteiger partial charge in [0.25, 0.3) is 0 Å². The minimum atomic E-state index is -0.906. The highest BCUT2D eigenvalue weighted by molar-refractivity contribution is 7.10. The molecule has 32 heavy (non-hydrogen) atoms. The molecular weight excluding hydrogens is 422 g/mol. The molecule has 6 nitrogen and oxygen atoms in total. The molecule has 0 spiro atoms. The lowest BCUT2D eigenvalue weighted by Gasteiger charge is -2.30. The largest absolute Gasteiger partial charge is 0.444 e. The van der Waals surface area contributed by atoms with Gasteiger partial charge in [0, 0.05) is 22.7 Å². The van der Waals surface area contributed by atoms with Crippen molar-refractivity contribution in [1.82, 2.24) is 10.2 Å². The van der Waals surface area contributed by atoms with Crippen molar-refractivity contribution in [2.75, 3.05) is 13.1 Å². The van der Waals surface area contributed by atoms with E-state index >= 15 is 0 Å². The molecule has 0 aromatic carbocycles. The summed E-state index contributed by atoms with van der Waals surface area (Å²) in [5, 5.41) is 16.9. The van der Waals surface area contributed by atoms with Crippen molar-refractivity contribution in [2.24, 2.45) is 4.99 Å². The zero-order chi connectivity index (χ0) is 22.5. The van der Waals surface area contributed by atoms with Gasteiger partial charge >= 0.3 is 6.09 Å². The third-order valence-electron chi connectivity index (χ3n) is 7.21. The first kappa shape index (κ1) is 22.0. The first-order valence-electron chi connectivity index (χ1n) is 12.1. The van der Waals surface area contributed by atoms with Crippen LogP contribution in [-0.2, 0) is 10.2 Å². The number of hydrogen-bond donors (Lipinski definition) is 2. The number of nitrogens with one attached hydrogen (secondary N) is 1. The number of amidine groups is 1. The van der Waals surface area contributed by atoms with Crippen molar-refractivity contribution >= 4 is 23.3 Å². The van der Waals surface area contributed by atoms with E-state index in [1.165, 1.54) is 36.1 Å². The molecule has 0 saturated heterocycles. The highest BCUT2D eigenvalue weighted by Crippen LogP contribution is 2.53. The fourth-order valence-electron chi connectivity index (χ4n) is 5.27. The molecule has 1 amide bonds. The SMILES string of the molecule is CC(C)(C)OC(=O)N1CCCC2=C(C1)C(O)N=C(C1(c3cc(C4CCCC4)cs3)CC1)N2. The summed E-state index contributed by atoms with van der Waals surface area (Å²) >= 11 is 1.86. The molecule has 2 saturated carbocycles. The smallest absolute Gasteiger partial charge is 0.410 e. The monoisotopic (exact) mass is 457 g/mol. The van der Waals surface area contributed by atoms with Gasteiger partial charge in [-0.15, -0.1) is 11.3 Å². The average Bonchev–Trinajstić information content (AvgIpc) is 3.15. The van der Waals surface area contributed by atoms with E-state index in [2.05, 4.69) is 16.8 Å². The van der Waals surface area contributed by atoms with Gasteiger partial charge in [-0.1, -0.05) is 12.8 Å². The van der Waals surface area contributed by atoms with Crippen molar-refractivity contribution in [3.05, 3.63) is 33.2 Å². The Labute approximate surface area is 194 Å². The van der Waals surface area contributed by atoms with Crippen molar-refractivity contribution in [3.8, 4) is 0 Å². The van der Waals surface area contributed by atoms with E-state index in [0.29, 0.717) is 13.1 Å². The third-order valence-corrected chi connectivity index (χ3v) is 8.36. The normalized spacial score (nSPS) is 25.7. The molecule has 2 N–H and O–H groups in total. The number of aliphatic imine (C=N–C) groups is 1. The van der Waals surface area contributed by atoms with Crippen molar-refractivity contribution in [3.63, 3.8) is 0 Å². The van der Waals surface area contributed by atoms with Crippen LogP contribution in [0.25, 0.3) is 0 Å². The molecule has 5 rings (SSSR count). The number of carbonyl (C=O) groups is 1. The van der Waals surface area contributed by atoms with Gasteiger partial charge in [0.2, 0.25) is 0 Å². The second-order valence-electron chi connectivity index (χ2n) is 10.8. The minimum absolute atomic E-state index is 0.0712. The van der Waals surface area contributed by atoms with Gasteiger partial charge in [0.15, 0.2) is 6.23 Å². The second-order valence-corrected chi connectivity index (χ2v) is 11.7. The lowest BCUT2D eigenvalue weighted by atomic mass is 9.95. The molecule has 1 aromatic rings. The summed E-state index contributed by atoms with van der Waals surface area (Å²) in [5.74, 6) is 1.63. The van der Waals surface area contributed by atoms with Crippen LogP contribution < -0.4 is 5.32 Å². The highest BCUT2D eigenvalue weighted by Gasteiger charge is 2.52. The molecular formula is C25H35N3O3S. The predicted molar refractivity (Wildman–Crippen MR) is 127 cm³/mol. The standard InChI is InChI=1S/C25H35N3O3S/c1-24(2,3)31-23(30)28-12-6-9-19-18(14-28)21(29)27-22(26-19)25(10-11-25)20-13-17(15-32-20)16-7-4-5-8-16/h13,15-16,21,29H,4-12,14H2,1-3H3,(H,26,27). The minimum Gasteiger partial charge on any atom is -0.444 e. The number of carbonyl (C=O) groups excluding carboxylic acids is 1. The predicted octanol–water partition coefficient (Wildman–Crippen LogP) is 5.04. The lowest BCUT2D eigenvalue weighted by Crippen LogP contribution is -2.43. The zero-order valence-corrected chi connectivity index (χ0v) is 20.3. The van der Waals surface area contributed by atoms with E-state index in [1.54, 1.807) is 4.90 Å². The van der Waals surface area contributed by atoms with Gasteiger partial charge in [-0.25, -0.2) is 9.79 Å². The van der Waals surface area contributed by atoms with Crippen LogP contribution in [0.2, 0.25) is 0 Å². The van der Waals surface area contributed by atoms with Gasteiger partial charge < -0.3 is 20.1 Å². The van der Waals surface area contributed by atoms with Crippen LogP contribution in [0.1, 0.15) is 88.5 Å². The molecule has 0 radical (unpaired) electrons. The van der Waals surface area contributed by atoms with E-state index < -0.39 is 11.8 Å². The molecule has 1 atom stereocenters. The Morgan fingerprint density at radius 1 is 1.28 bits per heavy atom. The van der Waals surface area contributed by atoms with Crippen LogP contribution in [0.3, 0.4) is 0 Å². The van der Waals surface area contributed by atoms with E-state index in [4.69, 9.17) is 9.73 Å². The van der Waals surface area contributed by atoms with E-state index in [-0.39, 0.29) is 11.5 Å². The van der Waals surface area contributed by atoms with E-state index in [0.717, 1.165) is 48.7 Å². The van der Waals surface area contributed by atoms with Crippen molar-refractivity contribution in [1.29, 1.82) is 0 Å². The molecule has 1 unspecified atom stereocenters. The molecule has 2 fully saturated rings. The number of rotatable bonds is 3. The Morgan fingerprint density at radius 3 is 2.72 bits per heavy atom. The number of amides is 1. The molecule has 2 aliphatic heterocycles. The van der Waals surface area contributed by atoms with Crippen LogP contribution in [0.5, 0.6) is 0 Å².